The van der Waals surface area contributed by atoms with Crippen LogP contribution in [-0.2, 0) is 11.6 Å². The molecule has 0 radical (unpaired) electrons. The molecule has 0 aliphatic rings. The van der Waals surface area contributed by atoms with Crippen molar-refractivity contribution in [1.82, 2.24) is 0 Å². The summed E-state index contributed by atoms with van der Waals surface area (Å²) in [6, 6.07) is 13.3. The van der Waals surface area contributed by atoms with Crippen LogP contribution in [0.1, 0.15) is 31.7 Å². The van der Waals surface area contributed by atoms with E-state index in [4.69, 9.17) is 4.42 Å². The van der Waals surface area contributed by atoms with Crippen LogP contribution in [0.5, 0.6) is 0 Å². The van der Waals surface area contributed by atoms with Crippen molar-refractivity contribution < 1.29 is 17.9 Å². The van der Waals surface area contributed by atoms with Gasteiger partial charge in [-0.1, -0.05) is 31.9 Å². The van der Waals surface area contributed by atoms with Crippen LogP contribution in [-0.4, -0.2) is 12.8 Å². The van der Waals surface area contributed by atoms with Crippen molar-refractivity contribution in [2.24, 2.45) is 7.05 Å². The Morgan fingerprint density at radius 3 is 2.50 bits per heavy atom. The minimum absolute atomic E-state index is 0.258. The second-order valence-electron chi connectivity index (χ2n) is 8.24. The zero-order valence-corrected chi connectivity index (χ0v) is 18.9. The number of pyridine rings is 1. The summed E-state index contributed by atoms with van der Waals surface area (Å²) < 4.78 is 37.0. The molecule has 0 N–H and O–H groups in total. The smallest absolute Gasteiger partial charge is 0.216 e. The lowest BCUT2D eigenvalue weighted by molar-refractivity contribution is -0.660. The predicted molar refractivity (Wildman–Crippen MR) is 123 cm³/mol. The molecule has 0 bridgehead atoms. The van der Waals surface area contributed by atoms with E-state index >= 15 is 0 Å². The lowest BCUT2D eigenvalue weighted by atomic mass is 10.0. The van der Waals surface area contributed by atoms with Gasteiger partial charge in [-0.3, -0.25) is 0 Å². The van der Waals surface area contributed by atoms with Crippen LogP contribution in [0.2, 0.25) is 0 Å². The molecule has 1 unspecified atom stereocenters. The molecule has 2 heterocycles. The highest BCUT2D eigenvalue weighted by atomic mass is 31.2. The van der Waals surface area contributed by atoms with Crippen molar-refractivity contribution >= 4 is 34.4 Å². The van der Waals surface area contributed by atoms with E-state index in [-0.39, 0.29) is 5.30 Å². The number of benzene rings is 2. The molecular formula is C25H28FNO2P+. The highest BCUT2D eigenvalue weighted by molar-refractivity contribution is 7.71. The van der Waals surface area contributed by atoms with Gasteiger partial charge in [0.25, 0.3) is 0 Å². The molecule has 0 fully saturated rings. The fourth-order valence-corrected chi connectivity index (χ4v) is 6.45. The Kier molecular flexibility index (Phi) is 5.55. The first-order chi connectivity index (χ1) is 14.3. The molecule has 0 saturated carbocycles. The molecule has 0 saturated heterocycles. The van der Waals surface area contributed by atoms with E-state index in [1.54, 1.807) is 12.7 Å². The van der Waals surface area contributed by atoms with Crippen molar-refractivity contribution in [2.45, 2.75) is 33.1 Å². The van der Waals surface area contributed by atoms with Crippen LogP contribution in [0.25, 0.3) is 33.2 Å². The van der Waals surface area contributed by atoms with E-state index in [9.17, 15) is 8.96 Å². The minimum atomic E-state index is -2.90. The molecule has 2 aromatic carbocycles. The molecule has 5 heteroatoms. The van der Waals surface area contributed by atoms with Gasteiger partial charge in [-0.05, 0) is 43.8 Å². The SMILES string of the molecule is CCCCCP(C)(=O)c1c(F)ccc2c1oc1c(-c3cccc[n+]3C)c(C)ccc12. The van der Waals surface area contributed by atoms with E-state index in [0.717, 1.165) is 46.9 Å². The normalized spacial score (nSPS) is 13.8. The van der Waals surface area contributed by atoms with E-state index < -0.39 is 13.0 Å². The second-order valence-corrected chi connectivity index (χ2v) is 11.3. The van der Waals surface area contributed by atoms with Gasteiger partial charge in [0.1, 0.15) is 31.2 Å². The van der Waals surface area contributed by atoms with Gasteiger partial charge < -0.3 is 8.98 Å². The van der Waals surface area contributed by atoms with Crippen molar-refractivity contribution in [3.05, 3.63) is 60.0 Å². The third kappa shape index (κ3) is 3.48. The molecule has 1 atom stereocenters. The summed E-state index contributed by atoms with van der Waals surface area (Å²) in [5.74, 6) is -0.438. The van der Waals surface area contributed by atoms with Gasteiger partial charge in [0.05, 0.1) is 10.9 Å². The Hall–Kier alpha value is -2.45. The maximum absolute atomic E-state index is 15.0. The van der Waals surface area contributed by atoms with Crippen LogP contribution < -0.4 is 9.87 Å². The van der Waals surface area contributed by atoms with E-state index in [2.05, 4.69) is 13.0 Å². The van der Waals surface area contributed by atoms with Gasteiger partial charge in [0.2, 0.25) is 5.69 Å². The number of fused-ring (bicyclic) bond motifs is 3. The largest absolute Gasteiger partial charge is 0.454 e. The molecule has 0 amide bonds. The first-order valence-corrected chi connectivity index (χ1v) is 12.9. The molecule has 0 aliphatic heterocycles. The molecular weight excluding hydrogens is 396 g/mol. The van der Waals surface area contributed by atoms with E-state index in [1.165, 1.54) is 6.07 Å². The van der Waals surface area contributed by atoms with Crippen LogP contribution in [0.3, 0.4) is 0 Å². The highest BCUT2D eigenvalue weighted by Crippen LogP contribution is 2.46. The number of furan rings is 1. The van der Waals surface area contributed by atoms with Gasteiger partial charge in [0, 0.05) is 29.1 Å². The van der Waals surface area contributed by atoms with E-state index in [1.807, 2.05) is 49.0 Å². The molecule has 156 valence electrons. The summed E-state index contributed by atoms with van der Waals surface area (Å²) in [6.45, 7) is 5.84. The summed E-state index contributed by atoms with van der Waals surface area (Å²) in [7, 11) is -0.900. The molecule has 3 nitrogen and oxygen atoms in total. The fourth-order valence-electron chi connectivity index (χ4n) is 4.28. The summed E-state index contributed by atoms with van der Waals surface area (Å²) in [6.07, 6.45) is 5.34. The topological polar surface area (TPSA) is 34.1 Å². The van der Waals surface area contributed by atoms with Gasteiger partial charge in [-0.2, -0.15) is 0 Å². The number of hydrogen-bond acceptors (Lipinski definition) is 2. The first-order valence-electron chi connectivity index (χ1n) is 10.5. The Bertz CT molecular complexity index is 1290. The number of hydrogen-bond donors (Lipinski definition) is 0. The van der Waals surface area contributed by atoms with Crippen LogP contribution in [0.15, 0.2) is 53.1 Å². The number of unbranched alkanes of at least 4 members (excludes halogenated alkanes) is 2. The number of halogens is 1. The molecule has 0 aliphatic carbocycles. The van der Waals surface area contributed by atoms with Crippen molar-refractivity contribution in [3.63, 3.8) is 0 Å². The van der Waals surface area contributed by atoms with Gasteiger partial charge in [-0.15, -0.1) is 0 Å². The summed E-state index contributed by atoms with van der Waals surface area (Å²) in [5, 5.41) is 2.00. The maximum Gasteiger partial charge on any atom is 0.216 e. The molecule has 4 rings (SSSR count). The van der Waals surface area contributed by atoms with Crippen molar-refractivity contribution in [2.75, 3.05) is 12.8 Å². The lowest BCUT2D eigenvalue weighted by Crippen LogP contribution is -2.30. The number of nitrogens with zero attached hydrogens (tertiary/aromatic N) is 1. The first kappa shape index (κ1) is 20.8. The van der Waals surface area contributed by atoms with Gasteiger partial charge in [0.15, 0.2) is 6.20 Å². The predicted octanol–water partition coefficient (Wildman–Crippen LogP) is 6.33. The zero-order chi connectivity index (χ0) is 21.5. The molecule has 4 aromatic rings. The monoisotopic (exact) mass is 424 g/mol. The average Bonchev–Trinajstić information content (AvgIpc) is 3.06. The Labute approximate surface area is 176 Å². The Morgan fingerprint density at radius 2 is 1.77 bits per heavy atom. The van der Waals surface area contributed by atoms with Crippen molar-refractivity contribution in [1.29, 1.82) is 0 Å². The van der Waals surface area contributed by atoms with Crippen LogP contribution in [0.4, 0.5) is 4.39 Å². The van der Waals surface area contributed by atoms with Crippen LogP contribution in [0, 0.1) is 12.7 Å². The lowest BCUT2D eigenvalue weighted by Gasteiger charge is -2.14. The maximum atomic E-state index is 15.0. The number of rotatable bonds is 6. The van der Waals surface area contributed by atoms with Crippen molar-refractivity contribution in [3.8, 4) is 11.3 Å². The molecule has 30 heavy (non-hydrogen) atoms. The Morgan fingerprint density at radius 1 is 1.03 bits per heavy atom. The fraction of sp³-hybridized carbons (Fsp3) is 0.320. The van der Waals surface area contributed by atoms with Gasteiger partial charge >= 0.3 is 0 Å². The highest BCUT2D eigenvalue weighted by Gasteiger charge is 2.29. The number of aryl methyl sites for hydroxylation is 2. The standard InChI is InChI=1S/C25H28FNO2P/c1-5-6-9-16-30(4,28)25-20(26)14-13-19-18-12-11-17(2)22(23(18)29-24(19)25)21-10-7-8-15-27(21)3/h7-8,10-15H,5-6,9,16H2,1-4H3/q+1. The van der Waals surface area contributed by atoms with Gasteiger partial charge in [-0.25, -0.2) is 8.96 Å². The summed E-state index contributed by atoms with van der Waals surface area (Å²) in [5.41, 5.74) is 4.22. The van der Waals surface area contributed by atoms with E-state index in [0.29, 0.717) is 17.3 Å². The second kappa shape index (κ2) is 8.00. The van der Waals surface area contributed by atoms with Crippen LogP contribution >= 0.6 is 7.14 Å². The molecule has 2 aromatic heterocycles. The zero-order valence-electron chi connectivity index (χ0n) is 18.0. The summed E-state index contributed by atoms with van der Waals surface area (Å²) >= 11 is 0. The quantitative estimate of drug-likeness (QED) is 0.206. The third-order valence-electron chi connectivity index (χ3n) is 5.91. The Balaban J connectivity index is 2.02. The summed E-state index contributed by atoms with van der Waals surface area (Å²) in [4.78, 5) is 0. The third-order valence-corrected chi connectivity index (χ3v) is 8.45. The average molecular weight is 424 g/mol. The molecule has 0 spiro atoms. The number of aromatic nitrogens is 1. The minimum Gasteiger partial charge on any atom is -0.454 e.